The van der Waals surface area contributed by atoms with E-state index in [-0.39, 0.29) is 6.61 Å². The zero-order chi connectivity index (χ0) is 10.7. The Morgan fingerprint density at radius 2 is 1.67 bits per heavy atom. The summed E-state index contributed by atoms with van der Waals surface area (Å²) in [4.78, 5) is 0. The quantitative estimate of drug-likeness (QED) is 0.842. The molecule has 0 fully saturated rings. The molecule has 0 aliphatic rings. The first-order valence-corrected chi connectivity index (χ1v) is 5.84. The van der Waals surface area contributed by atoms with Crippen LogP contribution in [0.4, 0.5) is 0 Å². The highest BCUT2D eigenvalue weighted by Gasteiger charge is 2.01. The fourth-order valence-electron chi connectivity index (χ4n) is 1.51. The van der Waals surface area contributed by atoms with E-state index in [0.717, 1.165) is 14.7 Å². The maximum Gasteiger partial charge on any atom is 0.0692 e. The molecule has 0 aliphatic heterocycles. The van der Waals surface area contributed by atoms with Gasteiger partial charge in [-0.05, 0) is 51.4 Å². The molecule has 76 valence electrons. The number of aliphatic hydroxyl groups excluding tert-OH is 1. The number of hydrogen-bond acceptors (Lipinski definition) is 1. The topological polar surface area (TPSA) is 20.2 Å². The number of hydrogen-bond donors (Lipinski definition) is 1. The molecule has 0 heterocycles. The molecule has 2 aromatic carbocycles. The summed E-state index contributed by atoms with van der Waals surface area (Å²) < 4.78 is 1.11. The van der Waals surface area contributed by atoms with Crippen LogP contribution in [0.5, 0.6) is 0 Å². The van der Waals surface area contributed by atoms with Crippen LogP contribution in [0.15, 0.2) is 48.5 Å². The Bertz CT molecular complexity index is 451. The average molecular weight is 310 g/mol. The second-order valence-electron chi connectivity index (χ2n) is 3.33. The molecule has 0 spiro atoms. The van der Waals surface area contributed by atoms with E-state index in [4.69, 9.17) is 0 Å². The fourth-order valence-corrected chi connectivity index (χ4v) is 2.01. The summed E-state index contributed by atoms with van der Waals surface area (Å²) in [5, 5.41) is 9.18. The third-order valence-corrected chi connectivity index (χ3v) is 3.38. The third kappa shape index (κ3) is 2.38. The van der Waals surface area contributed by atoms with Crippen molar-refractivity contribution in [3.63, 3.8) is 0 Å². The predicted octanol–water partition coefficient (Wildman–Crippen LogP) is 3.45. The molecule has 0 saturated heterocycles. The van der Waals surface area contributed by atoms with Gasteiger partial charge in [-0.25, -0.2) is 0 Å². The molecule has 2 aromatic rings. The predicted molar refractivity (Wildman–Crippen MR) is 70.5 cm³/mol. The van der Waals surface area contributed by atoms with Gasteiger partial charge in [-0.2, -0.15) is 0 Å². The van der Waals surface area contributed by atoms with Crippen molar-refractivity contribution in [2.45, 2.75) is 6.61 Å². The molecule has 0 amide bonds. The Hall–Kier alpha value is -0.870. The SMILES string of the molecule is OCc1cc(-c2ccccc2)ccc1I. The lowest BCUT2D eigenvalue weighted by Gasteiger charge is -2.05. The van der Waals surface area contributed by atoms with Crippen LogP contribution < -0.4 is 0 Å². The fraction of sp³-hybridized carbons (Fsp3) is 0.0769. The Morgan fingerprint density at radius 3 is 2.33 bits per heavy atom. The third-order valence-electron chi connectivity index (χ3n) is 2.32. The first-order chi connectivity index (χ1) is 7.31. The molecule has 2 rings (SSSR count). The van der Waals surface area contributed by atoms with Gasteiger partial charge in [-0.15, -0.1) is 0 Å². The molecule has 0 aromatic heterocycles. The van der Waals surface area contributed by atoms with E-state index in [1.54, 1.807) is 0 Å². The van der Waals surface area contributed by atoms with E-state index in [2.05, 4.69) is 40.8 Å². The van der Waals surface area contributed by atoms with E-state index >= 15 is 0 Å². The monoisotopic (exact) mass is 310 g/mol. The lowest BCUT2D eigenvalue weighted by molar-refractivity contribution is 0.281. The largest absolute Gasteiger partial charge is 0.392 e. The minimum absolute atomic E-state index is 0.0962. The minimum Gasteiger partial charge on any atom is -0.392 e. The van der Waals surface area contributed by atoms with E-state index in [9.17, 15) is 5.11 Å². The summed E-state index contributed by atoms with van der Waals surface area (Å²) in [5.74, 6) is 0. The van der Waals surface area contributed by atoms with Gasteiger partial charge < -0.3 is 5.11 Å². The number of aliphatic hydroxyl groups is 1. The van der Waals surface area contributed by atoms with Gasteiger partial charge in [0, 0.05) is 3.57 Å². The standard InChI is InChI=1S/C13H11IO/c14-13-7-6-11(8-12(13)9-15)10-4-2-1-3-5-10/h1-8,15H,9H2. The lowest BCUT2D eigenvalue weighted by atomic mass is 10.0. The van der Waals surface area contributed by atoms with Gasteiger partial charge in [0.15, 0.2) is 0 Å². The van der Waals surface area contributed by atoms with Gasteiger partial charge in [-0.1, -0.05) is 36.4 Å². The molecule has 15 heavy (non-hydrogen) atoms. The molecular formula is C13H11IO. The average Bonchev–Trinajstić information content (AvgIpc) is 2.31. The van der Waals surface area contributed by atoms with Crippen molar-refractivity contribution in [3.05, 3.63) is 57.7 Å². The summed E-state index contributed by atoms with van der Waals surface area (Å²) in [7, 11) is 0. The van der Waals surface area contributed by atoms with E-state index in [0.29, 0.717) is 0 Å². The molecule has 0 radical (unpaired) electrons. The van der Waals surface area contributed by atoms with Gasteiger partial charge in [0.2, 0.25) is 0 Å². The molecule has 0 bridgehead atoms. The van der Waals surface area contributed by atoms with Gasteiger partial charge in [0.25, 0.3) is 0 Å². The maximum atomic E-state index is 9.18. The van der Waals surface area contributed by atoms with Crippen LogP contribution in [-0.2, 0) is 6.61 Å². The van der Waals surface area contributed by atoms with Crippen molar-refractivity contribution in [3.8, 4) is 11.1 Å². The Kier molecular flexibility index (Phi) is 3.38. The van der Waals surface area contributed by atoms with Crippen molar-refractivity contribution in [2.75, 3.05) is 0 Å². The first-order valence-electron chi connectivity index (χ1n) is 4.76. The van der Waals surface area contributed by atoms with Crippen LogP contribution in [0.25, 0.3) is 11.1 Å². The van der Waals surface area contributed by atoms with Gasteiger partial charge >= 0.3 is 0 Å². The van der Waals surface area contributed by atoms with E-state index < -0.39 is 0 Å². The second-order valence-corrected chi connectivity index (χ2v) is 4.49. The number of benzene rings is 2. The zero-order valence-corrected chi connectivity index (χ0v) is 10.3. The van der Waals surface area contributed by atoms with Gasteiger partial charge in [0.05, 0.1) is 6.61 Å². The highest BCUT2D eigenvalue weighted by Crippen LogP contribution is 2.23. The summed E-state index contributed by atoms with van der Waals surface area (Å²) in [6.45, 7) is 0.0962. The summed E-state index contributed by atoms with van der Waals surface area (Å²) in [6, 6.07) is 16.3. The van der Waals surface area contributed by atoms with Crippen LogP contribution >= 0.6 is 22.6 Å². The number of halogens is 1. The molecule has 1 nitrogen and oxygen atoms in total. The van der Waals surface area contributed by atoms with Crippen LogP contribution in [0.3, 0.4) is 0 Å². The molecule has 0 aliphatic carbocycles. The lowest BCUT2D eigenvalue weighted by Crippen LogP contribution is -1.89. The molecular weight excluding hydrogens is 299 g/mol. The normalized spacial score (nSPS) is 10.3. The van der Waals surface area contributed by atoms with Crippen LogP contribution in [0.1, 0.15) is 5.56 Å². The Balaban J connectivity index is 2.46. The molecule has 2 heteroatoms. The Morgan fingerprint density at radius 1 is 0.933 bits per heavy atom. The molecule has 0 saturated carbocycles. The summed E-state index contributed by atoms with van der Waals surface area (Å²) in [5.41, 5.74) is 3.32. The van der Waals surface area contributed by atoms with E-state index in [1.165, 1.54) is 5.56 Å². The summed E-state index contributed by atoms with van der Waals surface area (Å²) >= 11 is 2.24. The van der Waals surface area contributed by atoms with E-state index in [1.807, 2.05) is 30.3 Å². The smallest absolute Gasteiger partial charge is 0.0692 e. The van der Waals surface area contributed by atoms with Crippen molar-refractivity contribution in [1.82, 2.24) is 0 Å². The first kappa shape index (κ1) is 10.6. The molecule has 1 N–H and O–H groups in total. The van der Waals surface area contributed by atoms with Crippen molar-refractivity contribution < 1.29 is 5.11 Å². The second kappa shape index (κ2) is 4.77. The van der Waals surface area contributed by atoms with Gasteiger partial charge in [0.1, 0.15) is 0 Å². The Labute approximate surface area is 103 Å². The van der Waals surface area contributed by atoms with Crippen molar-refractivity contribution in [2.24, 2.45) is 0 Å². The molecule has 0 unspecified atom stereocenters. The summed E-state index contributed by atoms with van der Waals surface area (Å²) in [6.07, 6.45) is 0. The van der Waals surface area contributed by atoms with Crippen molar-refractivity contribution in [1.29, 1.82) is 0 Å². The van der Waals surface area contributed by atoms with Crippen LogP contribution in [0.2, 0.25) is 0 Å². The zero-order valence-electron chi connectivity index (χ0n) is 8.15. The number of rotatable bonds is 2. The van der Waals surface area contributed by atoms with Gasteiger partial charge in [-0.3, -0.25) is 0 Å². The highest BCUT2D eigenvalue weighted by atomic mass is 127. The van der Waals surface area contributed by atoms with Crippen LogP contribution in [0, 0.1) is 3.57 Å². The molecule has 0 atom stereocenters. The van der Waals surface area contributed by atoms with Crippen molar-refractivity contribution >= 4 is 22.6 Å². The minimum atomic E-state index is 0.0962. The van der Waals surface area contributed by atoms with Crippen LogP contribution in [-0.4, -0.2) is 5.11 Å². The highest BCUT2D eigenvalue weighted by molar-refractivity contribution is 14.1. The maximum absolute atomic E-state index is 9.18.